The zero-order valence-corrected chi connectivity index (χ0v) is 19.1. The maximum absolute atomic E-state index is 5.82. The van der Waals surface area contributed by atoms with Gasteiger partial charge >= 0.3 is 0 Å². The van der Waals surface area contributed by atoms with Crippen LogP contribution in [0.3, 0.4) is 0 Å². The lowest BCUT2D eigenvalue weighted by Crippen LogP contribution is -2.08. The van der Waals surface area contributed by atoms with Crippen molar-refractivity contribution in [1.82, 2.24) is 0 Å². The van der Waals surface area contributed by atoms with Gasteiger partial charge in [0.15, 0.2) is 0 Å². The molecule has 0 aliphatic carbocycles. The summed E-state index contributed by atoms with van der Waals surface area (Å²) >= 11 is 0. The second-order valence-electron chi connectivity index (χ2n) is 7.76. The van der Waals surface area contributed by atoms with Crippen molar-refractivity contribution in [3.8, 4) is 0 Å². The monoisotopic (exact) mass is 442 g/mol. The van der Waals surface area contributed by atoms with Crippen molar-refractivity contribution in [2.75, 3.05) is 17.7 Å². The number of hydrogen-bond acceptors (Lipinski definition) is 5. The second kappa shape index (κ2) is 11.1. The molecule has 0 aliphatic heterocycles. The van der Waals surface area contributed by atoms with Gasteiger partial charge in [-0.25, -0.2) is 0 Å². The van der Waals surface area contributed by atoms with E-state index in [1.54, 1.807) is 19.6 Å². The highest BCUT2D eigenvalue weighted by atomic mass is 16.5. The Labute approximate surface area is 195 Å². The first-order valence-electron chi connectivity index (χ1n) is 11.2. The van der Waals surface area contributed by atoms with E-state index < -0.39 is 0 Å². The van der Waals surface area contributed by atoms with Crippen molar-refractivity contribution in [2.24, 2.45) is 0 Å². The fourth-order valence-corrected chi connectivity index (χ4v) is 3.83. The van der Waals surface area contributed by atoms with Crippen LogP contribution in [0.1, 0.15) is 41.9 Å². The van der Waals surface area contributed by atoms with E-state index >= 15 is 0 Å². The number of methoxy groups -OCH3 is 1. The minimum Gasteiger partial charge on any atom is -0.500 e. The Hall–Kier alpha value is -3.86. The molecule has 4 aromatic rings. The number of allylic oxidation sites excluding steroid dienone is 2. The van der Waals surface area contributed by atoms with Gasteiger partial charge in [0.05, 0.1) is 38.6 Å². The predicted octanol–water partition coefficient (Wildman–Crippen LogP) is 7.17. The SMILES string of the molecule is CC/C=C(\OC)C(c1ccc(NCc2ccco2)cc1)c1ccc(NCc2ccco2)cc1. The minimum absolute atomic E-state index is 0.0215. The molecule has 0 radical (unpaired) electrons. The average Bonchev–Trinajstić information content (AvgIpc) is 3.57. The van der Waals surface area contributed by atoms with Crippen LogP contribution in [0.4, 0.5) is 11.4 Å². The van der Waals surface area contributed by atoms with Crippen LogP contribution in [-0.2, 0) is 17.8 Å². The number of hydrogen-bond donors (Lipinski definition) is 2. The molecule has 0 spiro atoms. The standard InChI is InChI=1S/C28H30N2O3/c1-3-6-27(31-2)28(21-9-13-23(14-10-21)29-19-25-7-4-17-32-25)22-11-15-24(16-12-22)30-20-26-8-5-18-33-26/h4-18,28-30H,3,19-20H2,1-2H3/b27-6-. The van der Waals surface area contributed by atoms with E-state index in [-0.39, 0.29) is 5.92 Å². The molecule has 5 heteroatoms. The zero-order valence-electron chi connectivity index (χ0n) is 19.1. The van der Waals surface area contributed by atoms with Gasteiger partial charge in [-0.05, 0) is 72.2 Å². The smallest absolute Gasteiger partial charge is 0.122 e. The number of anilines is 2. The molecule has 0 fully saturated rings. The summed E-state index contributed by atoms with van der Waals surface area (Å²) in [5.41, 5.74) is 4.45. The molecule has 33 heavy (non-hydrogen) atoms. The van der Waals surface area contributed by atoms with Crippen LogP contribution in [0.5, 0.6) is 0 Å². The molecular formula is C28H30N2O3. The summed E-state index contributed by atoms with van der Waals surface area (Å²) in [5, 5.41) is 6.80. The molecule has 0 atom stereocenters. The van der Waals surface area contributed by atoms with E-state index in [2.05, 4.69) is 72.2 Å². The van der Waals surface area contributed by atoms with Gasteiger partial charge < -0.3 is 24.2 Å². The molecule has 0 aliphatic rings. The fraction of sp³-hybridized carbons (Fsp3) is 0.214. The average molecular weight is 443 g/mol. The third-order valence-electron chi connectivity index (χ3n) is 5.51. The first-order chi connectivity index (χ1) is 16.3. The van der Waals surface area contributed by atoms with Gasteiger partial charge in [0.1, 0.15) is 17.3 Å². The van der Waals surface area contributed by atoms with Crippen molar-refractivity contribution in [2.45, 2.75) is 32.4 Å². The summed E-state index contributed by atoms with van der Waals surface area (Å²) in [6, 6.07) is 24.7. The van der Waals surface area contributed by atoms with Crippen molar-refractivity contribution in [1.29, 1.82) is 0 Å². The van der Waals surface area contributed by atoms with Gasteiger partial charge in [-0.1, -0.05) is 31.2 Å². The number of ether oxygens (including phenoxy) is 1. The van der Waals surface area contributed by atoms with Crippen LogP contribution in [0.2, 0.25) is 0 Å². The Balaban J connectivity index is 1.51. The maximum atomic E-state index is 5.82. The van der Waals surface area contributed by atoms with Crippen molar-refractivity contribution < 1.29 is 13.6 Å². The molecular weight excluding hydrogens is 412 g/mol. The molecule has 2 N–H and O–H groups in total. The third kappa shape index (κ3) is 5.89. The summed E-state index contributed by atoms with van der Waals surface area (Å²) < 4.78 is 16.6. The van der Waals surface area contributed by atoms with E-state index in [0.29, 0.717) is 13.1 Å². The van der Waals surface area contributed by atoms with E-state index in [4.69, 9.17) is 13.6 Å². The minimum atomic E-state index is 0.0215. The lowest BCUT2D eigenvalue weighted by Gasteiger charge is -2.22. The van der Waals surface area contributed by atoms with Crippen molar-refractivity contribution >= 4 is 11.4 Å². The quantitative estimate of drug-likeness (QED) is 0.241. The van der Waals surface area contributed by atoms with Gasteiger partial charge in [-0.15, -0.1) is 0 Å². The molecule has 0 saturated heterocycles. The number of furan rings is 2. The summed E-state index contributed by atoms with van der Waals surface area (Å²) in [4.78, 5) is 0. The number of benzene rings is 2. The molecule has 2 heterocycles. The Bertz CT molecular complexity index is 1030. The van der Waals surface area contributed by atoms with Crippen molar-refractivity contribution in [3.63, 3.8) is 0 Å². The lowest BCUT2D eigenvalue weighted by atomic mass is 9.88. The van der Waals surface area contributed by atoms with Crippen LogP contribution in [0.25, 0.3) is 0 Å². The predicted molar refractivity (Wildman–Crippen MR) is 132 cm³/mol. The first kappa shape index (κ1) is 22.3. The Kier molecular flexibility index (Phi) is 7.54. The molecule has 2 aromatic heterocycles. The van der Waals surface area contributed by atoms with Crippen LogP contribution >= 0.6 is 0 Å². The Morgan fingerprint density at radius 3 is 1.64 bits per heavy atom. The van der Waals surface area contributed by atoms with Gasteiger partial charge in [-0.3, -0.25) is 0 Å². The summed E-state index contributed by atoms with van der Waals surface area (Å²) in [5.74, 6) is 2.79. The summed E-state index contributed by atoms with van der Waals surface area (Å²) in [6.45, 7) is 3.43. The first-order valence-corrected chi connectivity index (χ1v) is 11.2. The highest BCUT2D eigenvalue weighted by Gasteiger charge is 2.20. The van der Waals surface area contributed by atoms with Gasteiger partial charge in [0, 0.05) is 11.4 Å². The molecule has 5 nitrogen and oxygen atoms in total. The van der Waals surface area contributed by atoms with Gasteiger partial charge in [-0.2, -0.15) is 0 Å². The molecule has 170 valence electrons. The number of nitrogens with one attached hydrogen (secondary N) is 2. The molecule has 0 amide bonds. The second-order valence-corrected chi connectivity index (χ2v) is 7.76. The Morgan fingerprint density at radius 2 is 1.27 bits per heavy atom. The van der Waals surface area contributed by atoms with Gasteiger partial charge in [0.2, 0.25) is 0 Å². The van der Waals surface area contributed by atoms with Crippen LogP contribution in [0, 0.1) is 0 Å². The van der Waals surface area contributed by atoms with E-state index in [9.17, 15) is 0 Å². The number of rotatable bonds is 11. The molecule has 4 rings (SSSR count). The highest BCUT2D eigenvalue weighted by molar-refractivity contribution is 5.51. The van der Waals surface area contributed by atoms with Crippen molar-refractivity contribution in [3.05, 3.63) is 120 Å². The summed E-state index contributed by atoms with van der Waals surface area (Å²) in [7, 11) is 1.74. The van der Waals surface area contributed by atoms with Crippen LogP contribution < -0.4 is 10.6 Å². The van der Waals surface area contributed by atoms with E-state index in [0.717, 1.165) is 35.1 Å². The largest absolute Gasteiger partial charge is 0.500 e. The highest BCUT2D eigenvalue weighted by Crippen LogP contribution is 2.34. The Morgan fingerprint density at radius 1 is 0.788 bits per heavy atom. The van der Waals surface area contributed by atoms with Crippen LogP contribution in [0.15, 0.2) is 106 Å². The lowest BCUT2D eigenvalue weighted by molar-refractivity contribution is 0.271. The molecule has 0 saturated carbocycles. The fourth-order valence-electron chi connectivity index (χ4n) is 3.83. The summed E-state index contributed by atoms with van der Waals surface area (Å²) in [6.07, 6.45) is 6.44. The van der Waals surface area contributed by atoms with E-state index in [1.165, 1.54) is 11.1 Å². The normalized spacial score (nSPS) is 11.5. The zero-order chi connectivity index (χ0) is 22.9. The van der Waals surface area contributed by atoms with Gasteiger partial charge in [0.25, 0.3) is 0 Å². The maximum Gasteiger partial charge on any atom is 0.122 e. The van der Waals surface area contributed by atoms with E-state index in [1.807, 2.05) is 24.3 Å². The third-order valence-corrected chi connectivity index (χ3v) is 5.51. The topological polar surface area (TPSA) is 59.6 Å². The molecule has 2 aromatic carbocycles. The molecule has 0 unspecified atom stereocenters. The molecule has 0 bridgehead atoms. The van der Waals surface area contributed by atoms with Crippen LogP contribution in [-0.4, -0.2) is 7.11 Å².